The molecule has 86 valence electrons. The van der Waals surface area contributed by atoms with E-state index in [1.807, 2.05) is 24.3 Å². The second-order valence-electron chi connectivity index (χ2n) is 2.76. The van der Waals surface area contributed by atoms with E-state index in [1.54, 1.807) is 19.7 Å². The number of nitrogens with zero attached hydrogens (tertiary/aromatic N) is 2. The van der Waals surface area contributed by atoms with Gasteiger partial charge in [-0.3, -0.25) is 11.3 Å². The summed E-state index contributed by atoms with van der Waals surface area (Å²) in [6, 6.07) is 7.77. The van der Waals surface area contributed by atoms with Crippen molar-refractivity contribution in [2.24, 2.45) is 5.84 Å². The lowest BCUT2D eigenvalue weighted by Crippen LogP contribution is -2.13. The monoisotopic (exact) mass is 238 g/mol. The predicted octanol–water partition coefficient (Wildman–Crippen LogP) is 1.29. The van der Waals surface area contributed by atoms with Crippen LogP contribution in [0, 0.1) is 0 Å². The van der Waals surface area contributed by atoms with Gasteiger partial charge in [-0.05, 0) is 31.3 Å². The molecule has 0 radical (unpaired) electrons. The van der Waals surface area contributed by atoms with E-state index in [-0.39, 0.29) is 0 Å². The third kappa shape index (κ3) is 3.58. The quantitative estimate of drug-likeness (QED) is 0.609. The van der Waals surface area contributed by atoms with Crippen molar-refractivity contribution >= 4 is 11.3 Å². The average Bonchev–Trinajstić information content (AvgIpc) is 2.84. The van der Waals surface area contributed by atoms with E-state index in [4.69, 9.17) is 4.74 Å². The normalized spacial score (nSPS) is 9.19. The van der Waals surface area contributed by atoms with Gasteiger partial charge in [0.2, 0.25) is 0 Å². The number of nitrogens with one attached hydrogen (secondary N) is 1. The molecule has 16 heavy (non-hydrogen) atoms. The van der Waals surface area contributed by atoms with E-state index >= 15 is 0 Å². The van der Waals surface area contributed by atoms with Crippen molar-refractivity contribution in [1.82, 2.24) is 15.6 Å². The minimum atomic E-state index is 0.855. The van der Waals surface area contributed by atoms with Crippen molar-refractivity contribution in [3.63, 3.8) is 0 Å². The first kappa shape index (κ1) is 12.6. The van der Waals surface area contributed by atoms with Gasteiger partial charge in [0, 0.05) is 5.56 Å². The first-order chi connectivity index (χ1) is 7.81. The molecule has 0 aliphatic heterocycles. The van der Waals surface area contributed by atoms with E-state index in [2.05, 4.69) is 21.5 Å². The second-order valence-corrected chi connectivity index (χ2v) is 3.59. The Morgan fingerprint density at radius 1 is 1.31 bits per heavy atom. The number of aromatic nitrogens is 2. The van der Waals surface area contributed by atoms with Crippen molar-refractivity contribution < 1.29 is 4.74 Å². The highest BCUT2D eigenvalue weighted by Gasteiger charge is 2.00. The summed E-state index contributed by atoms with van der Waals surface area (Å²) in [5.74, 6) is 5.45. The number of hydrogen-bond donors (Lipinski definition) is 2. The maximum atomic E-state index is 5.05. The van der Waals surface area contributed by atoms with Crippen LogP contribution in [-0.2, 0) is 0 Å². The van der Waals surface area contributed by atoms with Crippen molar-refractivity contribution in [2.75, 3.05) is 14.2 Å². The Hall–Kier alpha value is -1.50. The molecule has 0 saturated carbocycles. The highest BCUT2D eigenvalue weighted by Crippen LogP contribution is 2.22. The van der Waals surface area contributed by atoms with Crippen LogP contribution in [0.3, 0.4) is 0 Å². The zero-order valence-electron chi connectivity index (χ0n) is 9.18. The van der Waals surface area contributed by atoms with Crippen LogP contribution in [0.25, 0.3) is 10.6 Å². The van der Waals surface area contributed by atoms with E-state index in [9.17, 15) is 0 Å². The van der Waals surface area contributed by atoms with Gasteiger partial charge >= 0.3 is 0 Å². The Bertz CT molecular complexity index is 388. The van der Waals surface area contributed by atoms with Gasteiger partial charge in [-0.2, -0.15) is 0 Å². The Labute approximate surface area is 98.2 Å². The minimum Gasteiger partial charge on any atom is -0.497 e. The minimum absolute atomic E-state index is 0.855. The maximum absolute atomic E-state index is 5.05. The van der Waals surface area contributed by atoms with E-state index in [0.29, 0.717) is 0 Å². The fraction of sp³-hybridized carbons (Fsp3) is 0.200. The van der Waals surface area contributed by atoms with Gasteiger partial charge in [0.05, 0.1) is 7.11 Å². The molecule has 1 heterocycles. The molecule has 2 rings (SSSR count). The number of ether oxygens (including phenoxy) is 1. The third-order valence-electron chi connectivity index (χ3n) is 1.70. The van der Waals surface area contributed by atoms with E-state index < -0.39 is 0 Å². The SMILES string of the molecule is CNN.COc1ccc(-c2nncs2)cc1. The zero-order valence-corrected chi connectivity index (χ0v) is 9.99. The largest absolute Gasteiger partial charge is 0.497 e. The lowest BCUT2D eigenvalue weighted by atomic mass is 10.2. The van der Waals surface area contributed by atoms with Crippen LogP contribution in [0.1, 0.15) is 0 Å². The number of benzene rings is 1. The Morgan fingerprint density at radius 3 is 2.38 bits per heavy atom. The Morgan fingerprint density at radius 2 is 1.94 bits per heavy atom. The average molecular weight is 238 g/mol. The van der Waals surface area contributed by atoms with Crippen LogP contribution in [0.5, 0.6) is 5.75 Å². The third-order valence-corrected chi connectivity index (χ3v) is 2.44. The summed E-state index contributed by atoms with van der Waals surface area (Å²) < 4.78 is 5.05. The summed E-state index contributed by atoms with van der Waals surface area (Å²) in [5.41, 5.74) is 5.04. The fourth-order valence-electron chi connectivity index (χ4n) is 1.03. The first-order valence-electron chi connectivity index (χ1n) is 4.59. The molecule has 0 atom stereocenters. The topological polar surface area (TPSA) is 73.1 Å². The lowest BCUT2D eigenvalue weighted by molar-refractivity contribution is 0.415. The molecule has 0 saturated heterocycles. The van der Waals surface area contributed by atoms with E-state index in [1.165, 1.54) is 11.3 Å². The van der Waals surface area contributed by atoms with Gasteiger partial charge in [0.1, 0.15) is 16.3 Å². The molecule has 5 nitrogen and oxygen atoms in total. The van der Waals surface area contributed by atoms with Gasteiger partial charge in [-0.15, -0.1) is 10.2 Å². The molecular formula is C10H14N4OS. The summed E-state index contributed by atoms with van der Waals surface area (Å²) >= 11 is 1.53. The smallest absolute Gasteiger partial charge is 0.147 e. The second kappa shape index (κ2) is 6.89. The van der Waals surface area contributed by atoms with Crippen LogP contribution in [0.15, 0.2) is 29.8 Å². The molecule has 0 unspecified atom stereocenters. The molecule has 0 bridgehead atoms. The zero-order chi connectivity index (χ0) is 11.8. The van der Waals surface area contributed by atoms with Crippen molar-refractivity contribution in [3.8, 4) is 16.3 Å². The van der Waals surface area contributed by atoms with Gasteiger partial charge in [0.25, 0.3) is 0 Å². The molecule has 6 heteroatoms. The summed E-state index contributed by atoms with van der Waals surface area (Å²) in [6.45, 7) is 0. The van der Waals surface area contributed by atoms with Crippen LogP contribution >= 0.6 is 11.3 Å². The Kier molecular flexibility index (Phi) is 5.41. The molecule has 0 aliphatic carbocycles. The molecule has 0 fully saturated rings. The highest BCUT2D eigenvalue weighted by atomic mass is 32.1. The molecule has 0 aliphatic rings. The molecule has 0 amide bonds. The molecule has 3 N–H and O–H groups in total. The van der Waals surface area contributed by atoms with Crippen LogP contribution in [-0.4, -0.2) is 24.4 Å². The first-order valence-corrected chi connectivity index (χ1v) is 5.47. The summed E-state index contributed by atoms with van der Waals surface area (Å²) in [6.07, 6.45) is 0. The molecule has 1 aromatic heterocycles. The Balaban J connectivity index is 0.000000386. The van der Waals surface area contributed by atoms with Crippen LogP contribution < -0.4 is 16.0 Å². The summed E-state index contributed by atoms with van der Waals surface area (Å²) in [4.78, 5) is 0. The maximum Gasteiger partial charge on any atom is 0.147 e. The number of methoxy groups -OCH3 is 1. The van der Waals surface area contributed by atoms with Crippen molar-refractivity contribution in [3.05, 3.63) is 29.8 Å². The molecular weight excluding hydrogens is 224 g/mol. The molecule has 1 aromatic carbocycles. The van der Waals surface area contributed by atoms with Crippen molar-refractivity contribution in [1.29, 1.82) is 0 Å². The van der Waals surface area contributed by atoms with Gasteiger partial charge in [0.15, 0.2) is 0 Å². The van der Waals surface area contributed by atoms with Crippen molar-refractivity contribution in [2.45, 2.75) is 0 Å². The standard InChI is InChI=1S/C9H8N2OS.CH6N2/c1-12-8-4-2-7(3-5-8)9-11-10-6-13-9;1-3-2/h2-6H,1H3;3H,2H2,1H3. The van der Waals surface area contributed by atoms with Gasteiger partial charge < -0.3 is 4.74 Å². The number of hydrogen-bond acceptors (Lipinski definition) is 6. The van der Waals surface area contributed by atoms with Crippen LogP contribution in [0.2, 0.25) is 0 Å². The summed E-state index contributed by atoms with van der Waals surface area (Å²) in [7, 11) is 3.31. The van der Waals surface area contributed by atoms with Gasteiger partial charge in [-0.25, -0.2) is 0 Å². The predicted molar refractivity (Wildman–Crippen MR) is 65.1 cm³/mol. The molecule has 2 aromatic rings. The van der Waals surface area contributed by atoms with E-state index in [0.717, 1.165) is 16.3 Å². The van der Waals surface area contributed by atoms with Crippen LogP contribution in [0.4, 0.5) is 0 Å². The fourth-order valence-corrected chi connectivity index (χ4v) is 1.59. The molecule has 0 spiro atoms. The number of hydrazine groups is 1. The van der Waals surface area contributed by atoms with Gasteiger partial charge in [-0.1, -0.05) is 11.3 Å². The summed E-state index contributed by atoms with van der Waals surface area (Å²) in [5, 5.41) is 8.68. The lowest BCUT2D eigenvalue weighted by Gasteiger charge is -1.99. The highest BCUT2D eigenvalue weighted by molar-refractivity contribution is 7.12. The number of nitrogens with two attached hydrogens (primary N) is 1. The number of rotatable bonds is 2.